The van der Waals surface area contributed by atoms with Crippen LogP contribution < -0.4 is 30.2 Å². The number of methoxy groups -OCH3 is 3. The van der Waals surface area contributed by atoms with E-state index in [1.54, 1.807) is 20.3 Å². The summed E-state index contributed by atoms with van der Waals surface area (Å²) in [4.78, 5) is 12.2. The molecule has 8 heteroatoms. The second-order valence-electron chi connectivity index (χ2n) is 7.08. The summed E-state index contributed by atoms with van der Waals surface area (Å²) in [6, 6.07) is 11.2. The van der Waals surface area contributed by atoms with Crippen molar-refractivity contribution in [2.75, 3.05) is 32.0 Å². The first-order valence-electron chi connectivity index (χ1n) is 9.91. The van der Waals surface area contributed by atoms with E-state index in [0.717, 1.165) is 24.1 Å². The van der Waals surface area contributed by atoms with Crippen LogP contribution in [0.3, 0.4) is 0 Å². The fraction of sp³-hybridized carbons (Fsp3) is 0.304. The normalized spacial score (nSPS) is 13.5. The first-order valence-corrected chi connectivity index (χ1v) is 10.3. The highest BCUT2D eigenvalue weighted by atomic mass is 32.1. The van der Waals surface area contributed by atoms with Gasteiger partial charge in [-0.1, -0.05) is 24.8 Å². The van der Waals surface area contributed by atoms with Crippen molar-refractivity contribution >= 4 is 34.6 Å². The van der Waals surface area contributed by atoms with Crippen LogP contribution in [0.1, 0.15) is 24.4 Å². The summed E-state index contributed by atoms with van der Waals surface area (Å²) >= 11 is 5.58. The van der Waals surface area contributed by atoms with Gasteiger partial charge in [0.05, 0.1) is 33.1 Å². The molecule has 1 aliphatic carbocycles. The molecule has 31 heavy (non-hydrogen) atoms. The number of hydrogen-bond acceptors (Lipinski definition) is 5. The maximum atomic E-state index is 12.2. The molecule has 1 unspecified atom stereocenters. The Morgan fingerprint density at radius 1 is 1.10 bits per heavy atom. The topological polar surface area (TPSA) is 80.9 Å². The van der Waals surface area contributed by atoms with Crippen LogP contribution in [0, 0.1) is 5.92 Å². The van der Waals surface area contributed by atoms with E-state index >= 15 is 0 Å². The zero-order valence-corrected chi connectivity index (χ0v) is 18.7. The number of anilines is 2. The zero-order valence-electron chi connectivity index (χ0n) is 17.9. The monoisotopic (exact) mass is 441 g/mol. The predicted octanol–water partition coefficient (Wildman–Crippen LogP) is 4.27. The van der Waals surface area contributed by atoms with E-state index in [0.29, 0.717) is 34.0 Å². The molecule has 0 bridgehead atoms. The molecule has 2 aromatic carbocycles. The molecular weight excluding hydrogens is 414 g/mol. The number of ether oxygens (including phenoxy) is 3. The maximum absolute atomic E-state index is 12.2. The second kappa shape index (κ2) is 10.2. The van der Waals surface area contributed by atoms with Crippen molar-refractivity contribution in [2.24, 2.45) is 5.92 Å². The van der Waals surface area contributed by atoms with Gasteiger partial charge < -0.3 is 30.2 Å². The molecule has 3 rings (SSSR count). The second-order valence-corrected chi connectivity index (χ2v) is 7.49. The Morgan fingerprint density at radius 2 is 1.77 bits per heavy atom. The van der Waals surface area contributed by atoms with E-state index in [4.69, 9.17) is 26.4 Å². The van der Waals surface area contributed by atoms with Crippen LogP contribution in [0.5, 0.6) is 17.2 Å². The van der Waals surface area contributed by atoms with Gasteiger partial charge in [-0.25, -0.2) is 0 Å². The minimum atomic E-state index is -0.338. The standard InChI is InChI=1S/C23H27N3O4S/c1-5-18(27)25-16-13-17(28-2)21(29-3)22(30-4)19(16)20(14-11-12-14)26-23(31)24-15-9-7-6-8-10-15/h5-10,13-14,20H,1,11-12H2,2-4H3,(H,25,27)(H2,24,26,31). The fourth-order valence-corrected chi connectivity index (χ4v) is 3.70. The third kappa shape index (κ3) is 5.27. The number of nitrogens with one attached hydrogen (secondary N) is 3. The van der Waals surface area contributed by atoms with Crippen LogP contribution in [0.4, 0.5) is 11.4 Å². The number of rotatable bonds is 9. The molecule has 1 aliphatic rings. The van der Waals surface area contributed by atoms with Crippen molar-refractivity contribution < 1.29 is 19.0 Å². The lowest BCUT2D eigenvalue weighted by molar-refractivity contribution is -0.111. The summed E-state index contributed by atoms with van der Waals surface area (Å²) in [7, 11) is 4.64. The van der Waals surface area contributed by atoms with Gasteiger partial charge >= 0.3 is 0 Å². The molecule has 7 nitrogen and oxygen atoms in total. The van der Waals surface area contributed by atoms with Crippen molar-refractivity contribution in [3.8, 4) is 17.2 Å². The molecule has 1 saturated carbocycles. The lowest BCUT2D eigenvalue weighted by Gasteiger charge is -2.27. The van der Waals surface area contributed by atoms with Crippen LogP contribution >= 0.6 is 12.2 Å². The molecule has 0 radical (unpaired) electrons. The van der Waals surface area contributed by atoms with Crippen molar-refractivity contribution in [2.45, 2.75) is 18.9 Å². The van der Waals surface area contributed by atoms with Gasteiger partial charge in [0.25, 0.3) is 0 Å². The van der Waals surface area contributed by atoms with E-state index in [2.05, 4.69) is 22.5 Å². The molecule has 1 amide bonds. The Balaban J connectivity index is 2.03. The van der Waals surface area contributed by atoms with Gasteiger partial charge in [-0.3, -0.25) is 4.79 Å². The van der Waals surface area contributed by atoms with Gasteiger partial charge in [0.2, 0.25) is 11.7 Å². The summed E-state index contributed by atoms with van der Waals surface area (Å²) in [6.45, 7) is 3.55. The van der Waals surface area contributed by atoms with Crippen molar-refractivity contribution in [1.82, 2.24) is 5.32 Å². The third-order valence-corrected chi connectivity index (χ3v) is 5.25. The number of para-hydroxylation sites is 1. The average Bonchev–Trinajstić information content (AvgIpc) is 3.62. The lowest BCUT2D eigenvalue weighted by Crippen LogP contribution is -2.34. The Kier molecular flexibility index (Phi) is 7.36. The van der Waals surface area contributed by atoms with Crippen LogP contribution in [0.2, 0.25) is 0 Å². The number of amides is 1. The van der Waals surface area contributed by atoms with Crippen molar-refractivity contribution in [3.05, 3.63) is 54.6 Å². The molecule has 1 fully saturated rings. The van der Waals surface area contributed by atoms with Gasteiger partial charge in [0.15, 0.2) is 16.6 Å². The molecule has 0 saturated heterocycles. The van der Waals surface area contributed by atoms with Crippen molar-refractivity contribution in [3.63, 3.8) is 0 Å². The molecule has 0 heterocycles. The molecule has 164 valence electrons. The van der Waals surface area contributed by atoms with E-state index in [-0.39, 0.29) is 11.9 Å². The predicted molar refractivity (Wildman–Crippen MR) is 126 cm³/mol. The van der Waals surface area contributed by atoms with E-state index < -0.39 is 0 Å². The number of thiocarbonyl (C=S) groups is 1. The Bertz CT molecular complexity index is 961. The molecule has 3 N–H and O–H groups in total. The zero-order chi connectivity index (χ0) is 22.4. The molecule has 0 aromatic heterocycles. The molecule has 0 spiro atoms. The first kappa shape index (κ1) is 22.4. The van der Waals surface area contributed by atoms with Gasteiger partial charge in [0, 0.05) is 17.3 Å². The smallest absolute Gasteiger partial charge is 0.247 e. The first-order chi connectivity index (χ1) is 15.0. The summed E-state index contributed by atoms with van der Waals surface area (Å²) in [5.74, 6) is 1.36. The Morgan fingerprint density at radius 3 is 2.32 bits per heavy atom. The van der Waals surface area contributed by atoms with Crippen LogP contribution in [0.15, 0.2) is 49.1 Å². The summed E-state index contributed by atoms with van der Waals surface area (Å²) in [5, 5.41) is 9.95. The minimum absolute atomic E-state index is 0.210. The van der Waals surface area contributed by atoms with E-state index in [1.807, 2.05) is 30.3 Å². The maximum Gasteiger partial charge on any atom is 0.247 e. The highest BCUT2D eigenvalue weighted by Crippen LogP contribution is 2.52. The van der Waals surface area contributed by atoms with Crippen molar-refractivity contribution in [1.29, 1.82) is 0 Å². The third-order valence-electron chi connectivity index (χ3n) is 5.03. The molecular formula is C23H27N3O4S. The van der Waals surface area contributed by atoms with Gasteiger partial charge in [0.1, 0.15) is 0 Å². The van der Waals surface area contributed by atoms with E-state index in [1.165, 1.54) is 13.2 Å². The molecule has 0 aliphatic heterocycles. The summed E-state index contributed by atoms with van der Waals surface area (Å²) in [5.41, 5.74) is 2.18. The largest absolute Gasteiger partial charge is 0.493 e. The van der Waals surface area contributed by atoms with E-state index in [9.17, 15) is 4.79 Å². The summed E-state index contributed by atoms with van der Waals surface area (Å²) in [6.07, 6.45) is 3.27. The Labute approximate surface area is 187 Å². The van der Waals surface area contributed by atoms with Crippen LogP contribution in [0.25, 0.3) is 0 Å². The van der Waals surface area contributed by atoms with Gasteiger partial charge in [-0.05, 0) is 49.2 Å². The highest BCUT2D eigenvalue weighted by molar-refractivity contribution is 7.80. The van der Waals surface area contributed by atoms with Gasteiger partial charge in [-0.2, -0.15) is 0 Å². The average molecular weight is 442 g/mol. The number of carbonyl (C=O) groups is 1. The highest BCUT2D eigenvalue weighted by Gasteiger charge is 2.38. The number of carbonyl (C=O) groups excluding carboxylic acids is 1. The number of benzene rings is 2. The lowest BCUT2D eigenvalue weighted by atomic mass is 9.97. The molecule has 2 aromatic rings. The Hall–Kier alpha value is -3.26. The van der Waals surface area contributed by atoms with Gasteiger partial charge in [-0.15, -0.1) is 0 Å². The number of hydrogen-bond donors (Lipinski definition) is 3. The van der Waals surface area contributed by atoms with Crippen LogP contribution in [-0.4, -0.2) is 32.3 Å². The SMILES string of the molecule is C=CC(=O)Nc1cc(OC)c(OC)c(OC)c1C(NC(=S)Nc1ccccc1)C1CC1. The van der Waals surface area contributed by atoms with Crippen LogP contribution in [-0.2, 0) is 4.79 Å². The summed E-state index contributed by atoms with van der Waals surface area (Å²) < 4.78 is 16.8. The minimum Gasteiger partial charge on any atom is -0.493 e. The quantitative estimate of drug-likeness (QED) is 0.396. The fourth-order valence-electron chi connectivity index (χ4n) is 3.46. The molecule has 1 atom stereocenters.